The number of halogens is 1. The van der Waals surface area contributed by atoms with Gasteiger partial charge in [0.1, 0.15) is 0 Å². The lowest BCUT2D eigenvalue weighted by Gasteiger charge is -2.23. The fraction of sp³-hybridized carbons (Fsp3) is 0.385. The Kier molecular flexibility index (Phi) is 4.94. The summed E-state index contributed by atoms with van der Waals surface area (Å²) in [6.07, 6.45) is 0.100. The molecular formula is C13H15ClN2O4. The van der Waals surface area contributed by atoms with Crippen molar-refractivity contribution in [3.63, 3.8) is 0 Å². The van der Waals surface area contributed by atoms with Crippen LogP contribution in [0.5, 0.6) is 0 Å². The van der Waals surface area contributed by atoms with Crippen molar-refractivity contribution in [2.75, 3.05) is 25.0 Å². The third-order valence-electron chi connectivity index (χ3n) is 2.90. The normalized spacial score (nSPS) is 18.6. The molecule has 1 aromatic carbocycles. The predicted molar refractivity (Wildman–Crippen MR) is 74.3 cm³/mol. The third kappa shape index (κ3) is 3.93. The van der Waals surface area contributed by atoms with Crippen LogP contribution in [0.1, 0.15) is 16.8 Å². The number of ether oxygens (including phenoxy) is 1. The van der Waals surface area contributed by atoms with Gasteiger partial charge in [-0.25, -0.2) is 4.79 Å². The fourth-order valence-corrected chi connectivity index (χ4v) is 2.20. The number of hydrogen-bond acceptors (Lipinski definition) is 4. The Labute approximate surface area is 121 Å². The van der Waals surface area contributed by atoms with E-state index in [1.54, 1.807) is 0 Å². The molecule has 20 heavy (non-hydrogen) atoms. The number of amides is 1. The van der Waals surface area contributed by atoms with Crippen LogP contribution in [-0.4, -0.2) is 42.8 Å². The summed E-state index contributed by atoms with van der Waals surface area (Å²) < 4.78 is 5.43. The molecule has 0 aromatic heterocycles. The number of hydrogen-bond donors (Lipinski definition) is 3. The first-order valence-electron chi connectivity index (χ1n) is 6.21. The maximum Gasteiger partial charge on any atom is 0.337 e. The molecule has 1 unspecified atom stereocenters. The van der Waals surface area contributed by atoms with Crippen molar-refractivity contribution in [3.8, 4) is 0 Å². The largest absolute Gasteiger partial charge is 0.478 e. The molecule has 1 fully saturated rings. The molecule has 0 aliphatic carbocycles. The SMILES string of the molecule is O=C(CC1CNCCO1)Nc1ccc(C(=O)O)c(Cl)c1. The first kappa shape index (κ1) is 14.8. The van der Waals surface area contributed by atoms with Crippen LogP contribution < -0.4 is 10.6 Å². The molecule has 1 aliphatic heterocycles. The van der Waals surface area contributed by atoms with Crippen molar-refractivity contribution >= 4 is 29.2 Å². The number of aromatic carboxylic acids is 1. The number of carboxylic acid groups (broad SMARTS) is 1. The Morgan fingerprint density at radius 1 is 1.50 bits per heavy atom. The van der Waals surface area contributed by atoms with Gasteiger partial charge >= 0.3 is 5.97 Å². The second-order valence-corrected chi connectivity index (χ2v) is 4.86. The zero-order valence-corrected chi connectivity index (χ0v) is 11.4. The van der Waals surface area contributed by atoms with Crippen LogP contribution >= 0.6 is 11.6 Å². The molecular weight excluding hydrogens is 284 g/mol. The van der Waals surface area contributed by atoms with Gasteiger partial charge in [0.2, 0.25) is 5.91 Å². The lowest BCUT2D eigenvalue weighted by atomic mass is 10.2. The van der Waals surface area contributed by atoms with E-state index in [4.69, 9.17) is 21.4 Å². The van der Waals surface area contributed by atoms with Crippen LogP contribution in [0.3, 0.4) is 0 Å². The quantitative estimate of drug-likeness (QED) is 0.781. The fourth-order valence-electron chi connectivity index (χ4n) is 1.94. The minimum absolute atomic E-state index is 0.00415. The summed E-state index contributed by atoms with van der Waals surface area (Å²) in [6, 6.07) is 4.29. The van der Waals surface area contributed by atoms with Crippen molar-refractivity contribution in [3.05, 3.63) is 28.8 Å². The summed E-state index contributed by atoms with van der Waals surface area (Å²) in [7, 11) is 0. The summed E-state index contributed by atoms with van der Waals surface area (Å²) in [4.78, 5) is 22.7. The molecule has 0 saturated carbocycles. The highest BCUT2D eigenvalue weighted by Gasteiger charge is 2.17. The summed E-state index contributed by atoms with van der Waals surface area (Å²) in [5, 5.41) is 14.8. The van der Waals surface area contributed by atoms with Gasteiger partial charge in [0.25, 0.3) is 0 Å². The summed E-state index contributed by atoms with van der Waals surface area (Å²) >= 11 is 5.83. The van der Waals surface area contributed by atoms with Crippen molar-refractivity contribution in [1.29, 1.82) is 0 Å². The minimum atomic E-state index is -1.10. The van der Waals surface area contributed by atoms with E-state index in [2.05, 4.69) is 10.6 Å². The topological polar surface area (TPSA) is 87.7 Å². The number of nitrogens with one attached hydrogen (secondary N) is 2. The van der Waals surface area contributed by atoms with E-state index in [1.165, 1.54) is 18.2 Å². The Morgan fingerprint density at radius 3 is 2.90 bits per heavy atom. The molecule has 6 nitrogen and oxygen atoms in total. The molecule has 1 heterocycles. The van der Waals surface area contributed by atoms with E-state index in [1.807, 2.05) is 0 Å². The van der Waals surface area contributed by atoms with Crippen molar-refractivity contribution in [2.45, 2.75) is 12.5 Å². The monoisotopic (exact) mass is 298 g/mol. The maximum atomic E-state index is 11.8. The first-order valence-corrected chi connectivity index (χ1v) is 6.59. The molecule has 1 aliphatic rings. The maximum absolute atomic E-state index is 11.8. The first-order chi connectivity index (χ1) is 9.56. The third-order valence-corrected chi connectivity index (χ3v) is 3.21. The van der Waals surface area contributed by atoms with Gasteiger partial charge in [0.05, 0.1) is 29.7 Å². The number of carboxylic acids is 1. The summed E-state index contributed by atoms with van der Waals surface area (Å²) in [6.45, 7) is 2.04. The molecule has 7 heteroatoms. The van der Waals surface area contributed by atoms with Gasteiger partial charge in [0, 0.05) is 18.8 Å². The molecule has 1 aromatic rings. The summed E-state index contributed by atoms with van der Waals surface area (Å²) in [5.74, 6) is -1.30. The molecule has 1 amide bonds. The molecule has 0 spiro atoms. The molecule has 1 atom stereocenters. The number of carbonyl (C=O) groups is 2. The van der Waals surface area contributed by atoms with Gasteiger partial charge in [-0.3, -0.25) is 4.79 Å². The van der Waals surface area contributed by atoms with Gasteiger partial charge in [-0.2, -0.15) is 0 Å². The zero-order valence-electron chi connectivity index (χ0n) is 10.7. The Morgan fingerprint density at radius 2 is 2.30 bits per heavy atom. The van der Waals surface area contributed by atoms with E-state index >= 15 is 0 Å². The molecule has 1 saturated heterocycles. The van der Waals surface area contributed by atoms with Crippen LogP contribution in [0, 0.1) is 0 Å². The second-order valence-electron chi connectivity index (χ2n) is 4.45. The van der Waals surface area contributed by atoms with Gasteiger partial charge in [-0.05, 0) is 18.2 Å². The molecule has 108 valence electrons. The van der Waals surface area contributed by atoms with Gasteiger partial charge in [-0.1, -0.05) is 11.6 Å². The number of anilines is 1. The van der Waals surface area contributed by atoms with Crippen LogP contribution in [0.4, 0.5) is 5.69 Å². The highest BCUT2D eigenvalue weighted by atomic mass is 35.5. The van der Waals surface area contributed by atoms with Crippen molar-refractivity contribution in [2.24, 2.45) is 0 Å². The molecule has 3 N–H and O–H groups in total. The predicted octanol–water partition coefficient (Wildman–Crippen LogP) is 1.36. The standard InChI is InChI=1S/C13H15ClN2O4/c14-11-5-8(1-2-10(11)13(18)19)16-12(17)6-9-7-15-3-4-20-9/h1-2,5,9,15H,3-4,6-7H2,(H,16,17)(H,18,19). The van der Waals surface area contributed by atoms with Gasteiger partial charge in [0.15, 0.2) is 0 Å². The molecule has 2 rings (SSSR count). The highest BCUT2D eigenvalue weighted by molar-refractivity contribution is 6.33. The van der Waals surface area contributed by atoms with E-state index in [0.29, 0.717) is 18.8 Å². The Hall–Kier alpha value is -1.63. The average Bonchev–Trinajstić information content (AvgIpc) is 2.39. The number of rotatable bonds is 4. The zero-order chi connectivity index (χ0) is 14.5. The smallest absolute Gasteiger partial charge is 0.337 e. The van der Waals surface area contributed by atoms with Gasteiger partial charge in [-0.15, -0.1) is 0 Å². The van der Waals surface area contributed by atoms with E-state index in [-0.39, 0.29) is 29.0 Å². The van der Waals surface area contributed by atoms with Crippen LogP contribution in [0.15, 0.2) is 18.2 Å². The Balaban J connectivity index is 1.93. The van der Waals surface area contributed by atoms with Crippen LogP contribution in [-0.2, 0) is 9.53 Å². The molecule has 0 radical (unpaired) electrons. The lowest BCUT2D eigenvalue weighted by Crippen LogP contribution is -2.40. The average molecular weight is 299 g/mol. The summed E-state index contributed by atoms with van der Waals surface area (Å²) in [5.41, 5.74) is 0.471. The number of carbonyl (C=O) groups excluding carboxylic acids is 1. The number of morpholine rings is 1. The lowest BCUT2D eigenvalue weighted by molar-refractivity contribution is -0.119. The van der Waals surface area contributed by atoms with E-state index < -0.39 is 5.97 Å². The van der Waals surface area contributed by atoms with E-state index in [0.717, 1.165) is 6.54 Å². The highest BCUT2D eigenvalue weighted by Crippen LogP contribution is 2.21. The number of benzene rings is 1. The van der Waals surface area contributed by atoms with Gasteiger partial charge < -0.3 is 20.5 Å². The van der Waals surface area contributed by atoms with Crippen LogP contribution in [0.25, 0.3) is 0 Å². The van der Waals surface area contributed by atoms with Crippen molar-refractivity contribution < 1.29 is 19.4 Å². The van der Waals surface area contributed by atoms with E-state index in [9.17, 15) is 9.59 Å². The molecule has 0 bridgehead atoms. The minimum Gasteiger partial charge on any atom is -0.478 e. The second kappa shape index (κ2) is 6.69. The van der Waals surface area contributed by atoms with Crippen LogP contribution in [0.2, 0.25) is 5.02 Å². The Bertz CT molecular complexity index is 515. The van der Waals surface area contributed by atoms with Crippen molar-refractivity contribution in [1.82, 2.24) is 5.32 Å².